The topological polar surface area (TPSA) is 41.1 Å². The number of rotatable bonds is 4. The van der Waals surface area contributed by atoms with Crippen molar-refractivity contribution in [3.8, 4) is 0 Å². The Morgan fingerprint density at radius 2 is 2.21 bits per heavy atom. The zero-order valence-electron chi connectivity index (χ0n) is 10.2. The molecule has 19 heavy (non-hydrogen) atoms. The van der Waals surface area contributed by atoms with Crippen molar-refractivity contribution in [2.24, 2.45) is 0 Å². The zero-order chi connectivity index (χ0) is 13.8. The molecule has 1 heterocycles. The van der Waals surface area contributed by atoms with Crippen LogP contribution in [0.4, 0.5) is 15.8 Å². The second-order valence-electron chi connectivity index (χ2n) is 3.96. The summed E-state index contributed by atoms with van der Waals surface area (Å²) in [5.41, 5.74) is 0.944. The van der Waals surface area contributed by atoms with Gasteiger partial charge in [-0.3, -0.25) is 4.79 Å². The maximum absolute atomic E-state index is 13.4. The van der Waals surface area contributed by atoms with Crippen molar-refractivity contribution in [1.29, 1.82) is 0 Å². The first kappa shape index (κ1) is 14.0. The number of carbonyl (C=O) groups is 1. The van der Waals surface area contributed by atoms with Gasteiger partial charge in [-0.05, 0) is 40.2 Å². The Hall–Kier alpha value is -1.40. The lowest BCUT2D eigenvalue weighted by atomic mass is 10.2. The fourth-order valence-electron chi connectivity index (χ4n) is 1.56. The van der Waals surface area contributed by atoms with Gasteiger partial charge in [0.25, 0.3) is 0 Å². The molecular formula is C13H12BrFN2OS. The van der Waals surface area contributed by atoms with Crippen molar-refractivity contribution >= 4 is 44.5 Å². The van der Waals surface area contributed by atoms with Crippen LogP contribution in [-0.4, -0.2) is 5.91 Å². The summed E-state index contributed by atoms with van der Waals surface area (Å²) < 4.78 is 14.5. The number of carbonyl (C=O) groups excluding carboxylic acids is 1. The number of hydrogen-bond donors (Lipinski definition) is 2. The van der Waals surface area contributed by atoms with Gasteiger partial charge in [0.1, 0.15) is 5.82 Å². The highest BCUT2D eigenvalue weighted by molar-refractivity contribution is 9.10. The second-order valence-corrected chi connectivity index (χ2v) is 5.87. The average Bonchev–Trinajstić information content (AvgIpc) is 2.75. The van der Waals surface area contributed by atoms with E-state index in [1.165, 1.54) is 13.0 Å². The van der Waals surface area contributed by atoms with Crippen LogP contribution >= 0.6 is 27.3 Å². The van der Waals surface area contributed by atoms with E-state index in [0.717, 1.165) is 15.0 Å². The van der Waals surface area contributed by atoms with Crippen LogP contribution in [-0.2, 0) is 11.3 Å². The van der Waals surface area contributed by atoms with Crippen LogP contribution in [0, 0.1) is 5.82 Å². The third kappa shape index (κ3) is 4.04. The van der Waals surface area contributed by atoms with E-state index in [-0.39, 0.29) is 11.6 Å². The molecule has 0 bridgehead atoms. The number of amides is 1. The largest absolute Gasteiger partial charge is 0.380 e. The highest BCUT2D eigenvalue weighted by Gasteiger charge is 2.05. The molecule has 1 aromatic heterocycles. The molecule has 6 heteroatoms. The van der Waals surface area contributed by atoms with E-state index in [1.54, 1.807) is 23.5 Å². The lowest BCUT2D eigenvalue weighted by Gasteiger charge is -2.09. The van der Waals surface area contributed by atoms with Gasteiger partial charge >= 0.3 is 0 Å². The summed E-state index contributed by atoms with van der Waals surface area (Å²) in [7, 11) is 0. The standard InChI is InChI=1S/C13H12BrFN2OS/c1-8(18)17-13-5-10(2-3-12(13)15)16-6-11-4-9(14)7-19-11/h2-5,7,16H,6H2,1H3,(H,17,18). The first-order valence-electron chi connectivity index (χ1n) is 5.58. The summed E-state index contributed by atoms with van der Waals surface area (Å²) in [6.07, 6.45) is 0. The minimum absolute atomic E-state index is 0.185. The third-order valence-corrected chi connectivity index (χ3v) is 4.06. The number of anilines is 2. The molecule has 2 N–H and O–H groups in total. The molecule has 0 saturated heterocycles. The van der Waals surface area contributed by atoms with Crippen LogP contribution in [0.15, 0.2) is 34.1 Å². The molecule has 0 atom stereocenters. The fourth-order valence-corrected chi connectivity index (χ4v) is 2.95. The minimum atomic E-state index is -0.445. The fraction of sp³-hybridized carbons (Fsp3) is 0.154. The lowest BCUT2D eigenvalue weighted by molar-refractivity contribution is -0.114. The molecule has 2 rings (SSSR count). The van der Waals surface area contributed by atoms with Crippen molar-refractivity contribution in [2.45, 2.75) is 13.5 Å². The van der Waals surface area contributed by atoms with Crippen LogP contribution < -0.4 is 10.6 Å². The number of hydrogen-bond acceptors (Lipinski definition) is 3. The number of nitrogens with one attached hydrogen (secondary N) is 2. The van der Waals surface area contributed by atoms with Gasteiger partial charge in [0.05, 0.1) is 5.69 Å². The van der Waals surface area contributed by atoms with Gasteiger partial charge in [0.2, 0.25) is 5.91 Å². The Morgan fingerprint density at radius 1 is 1.42 bits per heavy atom. The summed E-state index contributed by atoms with van der Waals surface area (Å²) in [6.45, 7) is 2.00. The van der Waals surface area contributed by atoms with Crippen LogP contribution in [0.5, 0.6) is 0 Å². The normalized spacial score (nSPS) is 10.3. The Labute approximate surface area is 123 Å². The van der Waals surface area contributed by atoms with Gasteiger partial charge in [0.15, 0.2) is 0 Å². The monoisotopic (exact) mass is 342 g/mol. The highest BCUT2D eigenvalue weighted by Crippen LogP contribution is 2.23. The lowest BCUT2D eigenvalue weighted by Crippen LogP contribution is -2.08. The third-order valence-electron chi connectivity index (χ3n) is 2.37. The molecule has 3 nitrogen and oxygen atoms in total. The first-order chi connectivity index (χ1) is 9.04. The molecule has 0 saturated carbocycles. The van der Waals surface area contributed by atoms with E-state index in [0.29, 0.717) is 6.54 Å². The Bertz CT molecular complexity index is 600. The predicted octanol–water partition coefficient (Wildman–Crippen LogP) is 4.22. The quantitative estimate of drug-likeness (QED) is 0.873. The van der Waals surface area contributed by atoms with Crippen molar-refractivity contribution in [3.05, 3.63) is 44.8 Å². The van der Waals surface area contributed by atoms with Crippen LogP contribution in [0.25, 0.3) is 0 Å². The van der Waals surface area contributed by atoms with Crippen LogP contribution in [0.3, 0.4) is 0 Å². The molecule has 0 spiro atoms. The molecule has 0 aliphatic carbocycles. The number of halogens is 2. The van der Waals surface area contributed by atoms with Gasteiger partial charge < -0.3 is 10.6 Å². The van der Waals surface area contributed by atoms with E-state index in [2.05, 4.69) is 26.6 Å². The summed E-state index contributed by atoms with van der Waals surface area (Å²) in [5, 5.41) is 7.65. The van der Waals surface area contributed by atoms with Gasteiger partial charge in [0, 0.05) is 33.9 Å². The van der Waals surface area contributed by atoms with Gasteiger partial charge in [-0.15, -0.1) is 11.3 Å². The van der Waals surface area contributed by atoms with Crippen molar-refractivity contribution < 1.29 is 9.18 Å². The molecule has 0 aliphatic heterocycles. The van der Waals surface area contributed by atoms with E-state index in [1.807, 2.05) is 11.4 Å². The first-order valence-corrected chi connectivity index (χ1v) is 7.26. The minimum Gasteiger partial charge on any atom is -0.380 e. The van der Waals surface area contributed by atoms with Gasteiger partial charge in [-0.2, -0.15) is 0 Å². The summed E-state index contributed by atoms with van der Waals surface area (Å²) in [5.74, 6) is -0.738. The summed E-state index contributed by atoms with van der Waals surface area (Å²) in [4.78, 5) is 12.1. The molecule has 0 radical (unpaired) electrons. The van der Waals surface area contributed by atoms with E-state index < -0.39 is 5.82 Å². The molecule has 0 unspecified atom stereocenters. The summed E-state index contributed by atoms with van der Waals surface area (Å²) >= 11 is 5.03. The maximum Gasteiger partial charge on any atom is 0.221 e. The maximum atomic E-state index is 13.4. The Balaban J connectivity index is 2.06. The van der Waals surface area contributed by atoms with E-state index >= 15 is 0 Å². The molecular weight excluding hydrogens is 331 g/mol. The van der Waals surface area contributed by atoms with Gasteiger partial charge in [-0.1, -0.05) is 0 Å². The Morgan fingerprint density at radius 3 is 2.84 bits per heavy atom. The predicted molar refractivity (Wildman–Crippen MR) is 80.0 cm³/mol. The SMILES string of the molecule is CC(=O)Nc1cc(NCc2cc(Br)cs2)ccc1F. The number of benzene rings is 1. The van der Waals surface area contributed by atoms with Crippen molar-refractivity contribution in [2.75, 3.05) is 10.6 Å². The van der Waals surface area contributed by atoms with E-state index in [4.69, 9.17) is 0 Å². The molecule has 1 aromatic carbocycles. The molecule has 1 amide bonds. The van der Waals surface area contributed by atoms with E-state index in [9.17, 15) is 9.18 Å². The average molecular weight is 343 g/mol. The van der Waals surface area contributed by atoms with Crippen molar-refractivity contribution in [1.82, 2.24) is 0 Å². The molecule has 2 aromatic rings. The smallest absolute Gasteiger partial charge is 0.221 e. The van der Waals surface area contributed by atoms with Crippen LogP contribution in [0.1, 0.15) is 11.8 Å². The highest BCUT2D eigenvalue weighted by atomic mass is 79.9. The summed E-state index contributed by atoms with van der Waals surface area (Å²) in [6, 6.07) is 6.58. The molecule has 0 fully saturated rings. The van der Waals surface area contributed by atoms with Crippen molar-refractivity contribution in [3.63, 3.8) is 0 Å². The van der Waals surface area contributed by atoms with Gasteiger partial charge in [-0.25, -0.2) is 4.39 Å². The molecule has 0 aliphatic rings. The van der Waals surface area contributed by atoms with Crippen LogP contribution in [0.2, 0.25) is 0 Å². The number of thiophene rings is 1. The zero-order valence-corrected chi connectivity index (χ0v) is 12.6. The Kier molecular flexibility index (Phi) is 4.55. The second kappa shape index (κ2) is 6.16. The molecule has 100 valence electrons.